The van der Waals surface area contributed by atoms with Gasteiger partial charge >= 0.3 is 0 Å². The van der Waals surface area contributed by atoms with Gasteiger partial charge in [0.25, 0.3) is 11.9 Å². The third-order valence-electron chi connectivity index (χ3n) is 2.98. The molecule has 96 valence electrons. The first-order chi connectivity index (χ1) is 7.84. The third kappa shape index (κ3) is 2.68. The molecule has 0 aliphatic heterocycles. The summed E-state index contributed by atoms with van der Waals surface area (Å²) >= 11 is 0. The summed E-state index contributed by atoms with van der Waals surface area (Å²) in [5, 5.41) is 2.50. The number of hydrogen-bond acceptors (Lipinski definition) is 2. The molecule has 0 aliphatic rings. The van der Waals surface area contributed by atoms with Crippen molar-refractivity contribution in [3.8, 4) is 0 Å². The van der Waals surface area contributed by atoms with E-state index in [0.717, 1.165) is 0 Å². The van der Waals surface area contributed by atoms with E-state index in [9.17, 15) is 17.6 Å². The van der Waals surface area contributed by atoms with Gasteiger partial charge in [-0.2, -0.15) is 22.5 Å². The zero-order chi connectivity index (χ0) is 13.2. The maximum atomic E-state index is 13.3. The van der Waals surface area contributed by atoms with Crippen molar-refractivity contribution in [3.63, 3.8) is 0 Å². The third-order valence-corrected chi connectivity index (χ3v) is 2.98. The molecule has 0 atom stereocenters. The fourth-order valence-electron chi connectivity index (χ4n) is 1.33. The number of aromatic nitrogens is 1. The Kier molecular flexibility index (Phi) is 3.95. The highest BCUT2D eigenvalue weighted by atomic mass is 19.2. The summed E-state index contributed by atoms with van der Waals surface area (Å²) in [4.78, 5) is 2.49. The molecular formula is C11H14F4N2. The molecule has 0 fully saturated rings. The van der Waals surface area contributed by atoms with E-state index in [4.69, 9.17) is 0 Å². The van der Waals surface area contributed by atoms with Crippen molar-refractivity contribution in [1.29, 1.82) is 0 Å². The van der Waals surface area contributed by atoms with E-state index in [0.29, 0.717) is 12.8 Å². The first kappa shape index (κ1) is 13.7. The average molecular weight is 250 g/mol. The highest BCUT2D eigenvalue weighted by molar-refractivity contribution is 5.47. The zero-order valence-corrected chi connectivity index (χ0v) is 9.87. The minimum absolute atomic E-state index is 0.550. The van der Waals surface area contributed by atoms with Gasteiger partial charge in [-0.25, -0.2) is 0 Å². The molecule has 0 radical (unpaired) electrons. The number of pyridine rings is 1. The molecule has 0 amide bonds. The lowest BCUT2D eigenvalue weighted by Gasteiger charge is -2.29. The molecule has 1 aromatic rings. The van der Waals surface area contributed by atoms with Crippen LogP contribution in [0.2, 0.25) is 0 Å². The summed E-state index contributed by atoms with van der Waals surface area (Å²) in [5.74, 6) is -6.31. The van der Waals surface area contributed by atoms with Crippen LogP contribution < -0.4 is 5.32 Å². The lowest BCUT2D eigenvalue weighted by atomic mass is 9.95. The van der Waals surface area contributed by atoms with Crippen molar-refractivity contribution in [2.75, 3.05) is 5.32 Å². The molecule has 0 spiro atoms. The van der Waals surface area contributed by atoms with Crippen LogP contribution in [-0.2, 0) is 0 Å². The van der Waals surface area contributed by atoms with Crippen LogP contribution in [0.4, 0.5) is 23.2 Å². The number of nitrogens with one attached hydrogen (secondary N) is 1. The molecule has 2 nitrogen and oxygen atoms in total. The number of rotatable bonds is 4. The van der Waals surface area contributed by atoms with Crippen molar-refractivity contribution in [1.82, 2.24) is 4.98 Å². The largest absolute Gasteiger partial charge is 0.375 e. The molecule has 0 unspecified atom stereocenters. The molecule has 1 rings (SSSR count). The fourth-order valence-corrected chi connectivity index (χ4v) is 1.33. The lowest BCUT2D eigenvalue weighted by Crippen LogP contribution is -2.34. The van der Waals surface area contributed by atoms with Gasteiger partial charge in [0.1, 0.15) is 5.69 Å². The van der Waals surface area contributed by atoms with Crippen LogP contribution in [0.25, 0.3) is 0 Å². The highest BCUT2D eigenvalue weighted by Crippen LogP contribution is 2.28. The van der Waals surface area contributed by atoms with Crippen LogP contribution in [-0.4, -0.2) is 10.5 Å². The van der Waals surface area contributed by atoms with Crippen LogP contribution >= 0.6 is 0 Å². The quantitative estimate of drug-likeness (QED) is 0.652. The SMILES string of the molecule is CCC(C)(CC)Nc1c(F)c(F)nc(F)c1F. The molecule has 0 bridgehead atoms. The summed E-state index contributed by atoms with van der Waals surface area (Å²) in [7, 11) is 0. The summed E-state index contributed by atoms with van der Waals surface area (Å²) in [6, 6.07) is 0. The van der Waals surface area contributed by atoms with Crippen LogP contribution in [0.1, 0.15) is 33.6 Å². The lowest BCUT2D eigenvalue weighted by molar-refractivity contribution is 0.401. The molecule has 17 heavy (non-hydrogen) atoms. The van der Waals surface area contributed by atoms with Crippen molar-refractivity contribution < 1.29 is 17.6 Å². The maximum Gasteiger partial charge on any atom is 0.253 e. The Bertz CT molecular complexity index is 390. The molecule has 1 aromatic heterocycles. The van der Waals surface area contributed by atoms with E-state index in [-0.39, 0.29) is 0 Å². The first-order valence-corrected chi connectivity index (χ1v) is 5.32. The Labute approximate surface area is 97.1 Å². The smallest absolute Gasteiger partial charge is 0.253 e. The van der Waals surface area contributed by atoms with Crippen molar-refractivity contribution >= 4 is 5.69 Å². The molecule has 0 saturated heterocycles. The van der Waals surface area contributed by atoms with Crippen molar-refractivity contribution in [3.05, 3.63) is 23.5 Å². The Morgan fingerprint density at radius 2 is 1.41 bits per heavy atom. The Hall–Kier alpha value is -1.33. The van der Waals surface area contributed by atoms with E-state index in [1.54, 1.807) is 20.8 Å². The summed E-state index contributed by atoms with van der Waals surface area (Å²) in [6.07, 6.45) is 1.10. The molecule has 0 aliphatic carbocycles. The predicted octanol–water partition coefficient (Wildman–Crippen LogP) is 3.63. The van der Waals surface area contributed by atoms with Gasteiger partial charge < -0.3 is 5.32 Å². The number of hydrogen-bond donors (Lipinski definition) is 1. The average Bonchev–Trinajstić information content (AvgIpc) is 2.32. The number of halogens is 4. The molecular weight excluding hydrogens is 236 g/mol. The van der Waals surface area contributed by atoms with E-state index in [2.05, 4.69) is 10.3 Å². The van der Waals surface area contributed by atoms with Gasteiger partial charge in [0.2, 0.25) is 11.6 Å². The topological polar surface area (TPSA) is 24.9 Å². The Morgan fingerprint density at radius 1 is 1.00 bits per heavy atom. The minimum atomic E-state index is -1.65. The van der Waals surface area contributed by atoms with Gasteiger partial charge in [-0.3, -0.25) is 0 Å². The second kappa shape index (κ2) is 4.89. The van der Waals surface area contributed by atoms with Gasteiger partial charge in [0, 0.05) is 5.54 Å². The number of nitrogens with zero attached hydrogens (tertiary/aromatic N) is 1. The normalized spacial score (nSPS) is 11.7. The molecule has 1 N–H and O–H groups in total. The van der Waals surface area contributed by atoms with Crippen LogP contribution in [0.5, 0.6) is 0 Å². The van der Waals surface area contributed by atoms with E-state index < -0.39 is 34.8 Å². The summed E-state index contributed by atoms with van der Waals surface area (Å²) < 4.78 is 52.4. The maximum absolute atomic E-state index is 13.3. The molecule has 0 saturated carbocycles. The van der Waals surface area contributed by atoms with Crippen molar-refractivity contribution in [2.45, 2.75) is 39.2 Å². The first-order valence-electron chi connectivity index (χ1n) is 5.32. The summed E-state index contributed by atoms with van der Waals surface area (Å²) in [6.45, 7) is 5.32. The molecule has 1 heterocycles. The highest BCUT2D eigenvalue weighted by Gasteiger charge is 2.27. The van der Waals surface area contributed by atoms with E-state index >= 15 is 0 Å². The fraction of sp³-hybridized carbons (Fsp3) is 0.545. The Balaban J connectivity index is 3.22. The van der Waals surface area contributed by atoms with Crippen LogP contribution in [0.3, 0.4) is 0 Å². The van der Waals surface area contributed by atoms with Gasteiger partial charge in [-0.1, -0.05) is 13.8 Å². The second-order valence-electron chi connectivity index (χ2n) is 4.09. The number of anilines is 1. The van der Waals surface area contributed by atoms with Crippen LogP contribution in [0, 0.1) is 23.5 Å². The van der Waals surface area contributed by atoms with Gasteiger partial charge in [-0.05, 0) is 19.8 Å². The van der Waals surface area contributed by atoms with Crippen molar-refractivity contribution in [2.24, 2.45) is 0 Å². The van der Waals surface area contributed by atoms with E-state index in [1.807, 2.05) is 0 Å². The second-order valence-corrected chi connectivity index (χ2v) is 4.09. The van der Waals surface area contributed by atoms with E-state index in [1.165, 1.54) is 0 Å². The summed E-state index contributed by atoms with van der Waals surface area (Å²) in [5.41, 5.74) is -1.44. The predicted molar refractivity (Wildman–Crippen MR) is 56.7 cm³/mol. The standard InChI is InChI=1S/C11H14F4N2/c1-4-11(3,5-2)17-8-6(12)9(14)16-10(15)7(8)13/h4-5H2,1-3H3,(H,16,17). The van der Waals surface area contributed by atoms with Gasteiger partial charge in [0.15, 0.2) is 0 Å². The monoisotopic (exact) mass is 250 g/mol. The van der Waals surface area contributed by atoms with Gasteiger partial charge in [0.05, 0.1) is 0 Å². The molecule has 0 aromatic carbocycles. The molecule has 6 heteroatoms. The van der Waals surface area contributed by atoms with Gasteiger partial charge in [-0.15, -0.1) is 0 Å². The Morgan fingerprint density at radius 3 is 1.76 bits per heavy atom. The van der Waals surface area contributed by atoms with Crippen LogP contribution in [0.15, 0.2) is 0 Å². The minimum Gasteiger partial charge on any atom is -0.375 e. The zero-order valence-electron chi connectivity index (χ0n) is 9.87.